The van der Waals surface area contributed by atoms with E-state index < -0.39 is 0 Å². The van der Waals surface area contributed by atoms with Crippen molar-refractivity contribution in [3.63, 3.8) is 0 Å². The van der Waals surface area contributed by atoms with Crippen LogP contribution < -0.4 is 0 Å². The summed E-state index contributed by atoms with van der Waals surface area (Å²) in [4.78, 5) is 6.52. The molecule has 2 saturated carbocycles. The van der Waals surface area contributed by atoms with Crippen molar-refractivity contribution in [3.8, 4) is 0 Å². The highest BCUT2D eigenvalue weighted by molar-refractivity contribution is 8.02. The summed E-state index contributed by atoms with van der Waals surface area (Å²) in [7, 11) is 0. The van der Waals surface area contributed by atoms with E-state index in [-0.39, 0.29) is 5.54 Å². The van der Waals surface area contributed by atoms with Gasteiger partial charge in [-0.25, -0.2) is 0 Å². The van der Waals surface area contributed by atoms with Gasteiger partial charge in [-0.3, -0.25) is 4.90 Å². The summed E-state index contributed by atoms with van der Waals surface area (Å²) in [5.41, 5.74) is 7.98. The number of rotatable bonds is 3. The summed E-state index contributed by atoms with van der Waals surface area (Å²) >= 11 is 2.44. The molecule has 0 aromatic carbocycles. The van der Waals surface area contributed by atoms with Crippen LogP contribution in [0.2, 0.25) is 5.82 Å². The summed E-state index contributed by atoms with van der Waals surface area (Å²) in [6, 6.07) is 2.49. The molecule has 5 fully saturated rings. The van der Waals surface area contributed by atoms with E-state index in [4.69, 9.17) is 0 Å². The van der Waals surface area contributed by atoms with Crippen molar-refractivity contribution in [2.75, 3.05) is 0 Å². The maximum atomic E-state index is 3.29. The largest absolute Gasteiger partial charge is 0.363 e. The molecular formula is C48H67BN2S. The Morgan fingerprint density at radius 1 is 0.923 bits per heavy atom. The van der Waals surface area contributed by atoms with Gasteiger partial charge in [0.15, 0.2) is 6.71 Å². The molecule has 6 aliphatic carbocycles. The van der Waals surface area contributed by atoms with Crippen LogP contribution in [0.5, 0.6) is 0 Å². The molecule has 0 radical (unpaired) electrons. The lowest BCUT2D eigenvalue weighted by Gasteiger charge is -2.65. The van der Waals surface area contributed by atoms with E-state index >= 15 is 0 Å². The van der Waals surface area contributed by atoms with E-state index in [2.05, 4.69) is 131 Å². The first-order valence-electron chi connectivity index (χ1n) is 22.1. The second-order valence-corrected chi connectivity index (χ2v) is 22.5. The first kappa shape index (κ1) is 34.8. The van der Waals surface area contributed by atoms with Crippen LogP contribution in [0.3, 0.4) is 0 Å². The smallest absolute Gasteiger partial charge is 0.196 e. The third kappa shape index (κ3) is 4.93. The number of allylic oxidation sites excluding steroid dienone is 10. The molecule has 4 aliphatic heterocycles. The Kier molecular flexibility index (Phi) is 8.32. The van der Waals surface area contributed by atoms with E-state index in [9.17, 15) is 0 Å². The Morgan fingerprint density at radius 3 is 2.44 bits per heavy atom. The van der Waals surface area contributed by atoms with Crippen LogP contribution in [-0.4, -0.2) is 56.6 Å². The third-order valence-corrected chi connectivity index (χ3v) is 18.9. The lowest BCUT2D eigenvalue weighted by atomic mass is 9.25. The van der Waals surface area contributed by atoms with Gasteiger partial charge in [-0.05, 0) is 112 Å². The van der Waals surface area contributed by atoms with Crippen LogP contribution in [-0.2, 0) is 0 Å². The first-order chi connectivity index (χ1) is 25.0. The Labute approximate surface area is 321 Å². The molecule has 11 atom stereocenters. The number of fused-ring (bicyclic) bond motifs is 7. The van der Waals surface area contributed by atoms with Gasteiger partial charge in [0, 0.05) is 63.1 Å². The molecule has 0 aromatic heterocycles. The fraction of sp³-hybridized carbons (Fsp3) is 0.708. The average Bonchev–Trinajstić information content (AvgIpc) is 3.60. The number of hydrogen-bond acceptors (Lipinski definition) is 3. The second kappa shape index (κ2) is 12.4. The van der Waals surface area contributed by atoms with E-state index in [0.717, 1.165) is 18.2 Å². The fourth-order valence-corrected chi connectivity index (χ4v) is 16.4. The van der Waals surface area contributed by atoms with Crippen molar-refractivity contribution in [2.45, 2.75) is 171 Å². The van der Waals surface area contributed by atoms with Crippen molar-refractivity contribution in [2.24, 2.45) is 40.4 Å². The Hall–Kier alpha value is -1.65. The van der Waals surface area contributed by atoms with Crippen LogP contribution in [0.25, 0.3) is 0 Å². The molecule has 11 unspecified atom stereocenters. The minimum atomic E-state index is 0.164. The highest BCUT2D eigenvalue weighted by atomic mass is 32.2. The zero-order valence-electron chi connectivity index (χ0n) is 33.6. The minimum absolute atomic E-state index is 0.164. The third-order valence-electron chi connectivity index (χ3n) is 17.2. The standard InChI is InChI=1S/C48H67BN2S/c1-30(2)33-26-37-44-38(27-33)49-42-39(28-34(46(3,4)5)29-40(42)51(44)47(6,7)48(37)23-15-10-16-24-48)50(35-19-13-9-14-20-35)43-36-25-32(31-17-11-8-12-18-31)21-22-41(36)52-45(43)49/h8,11-13,17,19,21-22,25-26,30-31,33-36,39-43,45H,9-10,14-16,18,20,23-24,27-29H2,1-7H3. The van der Waals surface area contributed by atoms with Crippen LogP contribution in [0, 0.1) is 40.4 Å². The van der Waals surface area contributed by atoms with Gasteiger partial charge in [-0.15, -0.1) is 0 Å². The molecule has 10 aliphatic rings. The van der Waals surface area contributed by atoms with Gasteiger partial charge in [0.25, 0.3) is 0 Å². The second-order valence-electron chi connectivity index (χ2n) is 21.1. The zero-order valence-corrected chi connectivity index (χ0v) is 34.4. The highest BCUT2D eigenvalue weighted by Crippen LogP contribution is 2.70. The zero-order chi connectivity index (χ0) is 35.7. The molecule has 3 saturated heterocycles. The van der Waals surface area contributed by atoms with Gasteiger partial charge < -0.3 is 4.90 Å². The average molecular weight is 715 g/mol. The Balaban J connectivity index is 1.19. The fourth-order valence-electron chi connectivity index (χ4n) is 14.5. The van der Waals surface area contributed by atoms with Crippen molar-refractivity contribution in [3.05, 3.63) is 83.1 Å². The molecule has 0 aromatic rings. The van der Waals surface area contributed by atoms with Crippen LogP contribution >= 0.6 is 11.8 Å². The molecule has 4 heterocycles. The van der Waals surface area contributed by atoms with Gasteiger partial charge >= 0.3 is 0 Å². The van der Waals surface area contributed by atoms with E-state index in [1.54, 1.807) is 5.57 Å². The van der Waals surface area contributed by atoms with Crippen molar-refractivity contribution < 1.29 is 0 Å². The molecule has 278 valence electrons. The molecule has 1 spiro atoms. The molecular weight excluding hydrogens is 647 g/mol. The number of hydrogen-bond donors (Lipinski definition) is 0. The van der Waals surface area contributed by atoms with Crippen LogP contribution in [0.15, 0.2) is 83.1 Å². The Morgan fingerprint density at radius 2 is 1.73 bits per heavy atom. The van der Waals surface area contributed by atoms with Crippen molar-refractivity contribution >= 4 is 18.5 Å². The summed E-state index contributed by atoms with van der Waals surface area (Å²) in [6.45, 7) is 19.0. The molecule has 10 rings (SSSR count). The van der Waals surface area contributed by atoms with Crippen LogP contribution in [0.1, 0.15) is 126 Å². The Bertz CT molecular complexity index is 1670. The quantitative estimate of drug-likeness (QED) is 0.212. The summed E-state index contributed by atoms with van der Waals surface area (Å²) in [5.74, 6) is 3.98. The molecule has 52 heavy (non-hydrogen) atoms. The molecule has 0 amide bonds. The van der Waals surface area contributed by atoms with E-state index in [0.29, 0.717) is 75.8 Å². The van der Waals surface area contributed by atoms with E-state index in [1.807, 2.05) is 16.7 Å². The van der Waals surface area contributed by atoms with Crippen molar-refractivity contribution in [1.82, 2.24) is 9.80 Å². The normalized spacial score (nSPS) is 42.7. The summed E-state index contributed by atoms with van der Waals surface area (Å²) in [5, 5.41) is 1.27. The monoisotopic (exact) mass is 715 g/mol. The maximum Gasteiger partial charge on any atom is 0.196 e. The minimum Gasteiger partial charge on any atom is -0.363 e. The van der Waals surface area contributed by atoms with Crippen LogP contribution in [0.4, 0.5) is 0 Å². The number of nitrogens with zero attached hydrogens (tertiary/aromatic N) is 2. The predicted octanol–water partition coefficient (Wildman–Crippen LogP) is 11.6. The maximum absolute atomic E-state index is 3.29. The summed E-state index contributed by atoms with van der Waals surface area (Å²) in [6.07, 6.45) is 41.9. The molecule has 4 heteroatoms. The summed E-state index contributed by atoms with van der Waals surface area (Å²) < 4.78 is 0. The van der Waals surface area contributed by atoms with Gasteiger partial charge in [0.2, 0.25) is 0 Å². The lowest BCUT2D eigenvalue weighted by Crippen LogP contribution is -2.73. The molecule has 0 bridgehead atoms. The van der Waals surface area contributed by atoms with Crippen molar-refractivity contribution in [1.29, 1.82) is 0 Å². The van der Waals surface area contributed by atoms with Gasteiger partial charge in [0.05, 0.1) is 0 Å². The topological polar surface area (TPSA) is 6.48 Å². The van der Waals surface area contributed by atoms with Gasteiger partial charge in [-0.2, -0.15) is 11.8 Å². The SMILES string of the molecule is CC(C)C1C=C2C3=C(C1)B1C4SC5C=CC(C6C=CC=CC6)=CC5C4N(C4C=CCCC4)C4CC(C(C)(C)C)CC(C14)N3C(C)(C)C21CCCCC1. The molecule has 0 N–H and O–H groups in total. The predicted molar refractivity (Wildman–Crippen MR) is 223 cm³/mol. The highest BCUT2D eigenvalue weighted by Gasteiger charge is 2.71. The first-order valence-corrected chi connectivity index (χ1v) is 23.0. The van der Waals surface area contributed by atoms with Gasteiger partial charge in [0.1, 0.15) is 0 Å². The molecule has 2 nitrogen and oxygen atoms in total. The van der Waals surface area contributed by atoms with Gasteiger partial charge in [-0.1, -0.05) is 120 Å². The van der Waals surface area contributed by atoms with E-state index in [1.165, 1.54) is 70.6 Å². The lowest BCUT2D eigenvalue weighted by molar-refractivity contribution is -0.0462. The number of thioether (sulfide) groups is 1.